The summed E-state index contributed by atoms with van der Waals surface area (Å²) in [6.07, 6.45) is 4.09. The van der Waals surface area contributed by atoms with Crippen molar-refractivity contribution < 1.29 is 14.3 Å². The monoisotopic (exact) mass is 294 g/mol. The van der Waals surface area contributed by atoms with Gasteiger partial charge in [0.15, 0.2) is 0 Å². The lowest BCUT2D eigenvalue weighted by atomic mass is 9.78. The average Bonchev–Trinajstić information content (AvgIpc) is 2.48. The first-order valence-corrected chi connectivity index (χ1v) is 7.68. The van der Waals surface area contributed by atoms with Gasteiger partial charge in [0, 0.05) is 45.3 Å². The van der Waals surface area contributed by atoms with E-state index in [9.17, 15) is 9.59 Å². The number of carbonyl (C=O) groups excluding carboxylic acids is 2. The second kappa shape index (κ2) is 6.60. The van der Waals surface area contributed by atoms with Crippen molar-refractivity contribution in [3.05, 3.63) is 12.7 Å². The molecule has 0 saturated carbocycles. The van der Waals surface area contributed by atoms with E-state index in [4.69, 9.17) is 4.74 Å². The zero-order valence-electron chi connectivity index (χ0n) is 13.1. The summed E-state index contributed by atoms with van der Waals surface area (Å²) in [5.41, 5.74) is 0.191. The summed E-state index contributed by atoms with van der Waals surface area (Å²) in [5, 5.41) is 0. The number of piperidine rings is 1. The number of hydrogen-bond acceptors (Lipinski definition) is 3. The van der Waals surface area contributed by atoms with E-state index in [1.807, 2.05) is 4.90 Å². The Hall–Kier alpha value is -1.36. The maximum absolute atomic E-state index is 12.5. The van der Waals surface area contributed by atoms with Crippen molar-refractivity contribution in [3.8, 4) is 0 Å². The smallest absolute Gasteiger partial charge is 0.245 e. The topological polar surface area (TPSA) is 49.9 Å². The fourth-order valence-electron chi connectivity index (χ4n) is 3.30. The minimum atomic E-state index is -0.0685. The molecule has 118 valence electrons. The summed E-state index contributed by atoms with van der Waals surface area (Å²) in [6.45, 7) is 9.34. The molecule has 1 unspecified atom stereocenters. The molecule has 2 aliphatic rings. The summed E-state index contributed by atoms with van der Waals surface area (Å²) in [6, 6.07) is 0. The van der Waals surface area contributed by atoms with E-state index in [2.05, 4.69) is 13.5 Å². The first kappa shape index (κ1) is 16.0. The summed E-state index contributed by atoms with van der Waals surface area (Å²) in [7, 11) is 1.71. The molecule has 0 aromatic rings. The van der Waals surface area contributed by atoms with Crippen LogP contribution in [0.5, 0.6) is 0 Å². The number of hydrogen-bond donors (Lipinski definition) is 0. The van der Waals surface area contributed by atoms with Crippen LogP contribution >= 0.6 is 0 Å². The van der Waals surface area contributed by atoms with Crippen LogP contribution in [-0.4, -0.2) is 61.5 Å². The number of methoxy groups -OCH3 is 1. The van der Waals surface area contributed by atoms with E-state index in [0.717, 1.165) is 45.5 Å². The SMILES string of the molecule is C=CC(=O)N1CCCC(C(=O)N2CC(C)(CCOC)C2)C1. The van der Waals surface area contributed by atoms with Crippen LogP contribution < -0.4 is 0 Å². The summed E-state index contributed by atoms with van der Waals surface area (Å²) >= 11 is 0. The van der Waals surface area contributed by atoms with Crippen molar-refractivity contribution in [2.75, 3.05) is 39.9 Å². The molecule has 2 saturated heterocycles. The molecule has 2 aliphatic heterocycles. The van der Waals surface area contributed by atoms with Crippen LogP contribution in [-0.2, 0) is 14.3 Å². The van der Waals surface area contributed by atoms with Gasteiger partial charge in [-0.1, -0.05) is 13.5 Å². The Morgan fingerprint density at radius 3 is 2.71 bits per heavy atom. The van der Waals surface area contributed by atoms with E-state index >= 15 is 0 Å². The van der Waals surface area contributed by atoms with Crippen LogP contribution in [0.15, 0.2) is 12.7 Å². The highest BCUT2D eigenvalue weighted by atomic mass is 16.5. The molecule has 0 aliphatic carbocycles. The van der Waals surface area contributed by atoms with Crippen molar-refractivity contribution in [1.82, 2.24) is 9.80 Å². The fraction of sp³-hybridized carbons (Fsp3) is 0.750. The molecule has 2 heterocycles. The van der Waals surface area contributed by atoms with E-state index < -0.39 is 0 Å². The van der Waals surface area contributed by atoms with Gasteiger partial charge in [-0.2, -0.15) is 0 Å². The summed E-state index contributed by atoms with van der Waals surface area (Å²) < 4.78 is 5.12. The number of nitrogens with zero attached hydrogens (tertiary/aromatic N) is 2. The molecule has 0 aromatic heterocycles. The van der Waals surface area contributed by atoms with Crippen molar-refractivity contribution in [2.45, 2.75) is 26.2 Å². The van der Waals surface area contributed by atoms with Crippen LogP contribution in [0.3, 0.4) is 0 Å². The third-order valence-electron chi connectivity index (χ3n) is 4.62. The second-order valence-corrected chi connectivity index (χ2v) is 6.58. The Labute approximate surface area is 126 Å². The van der Waals surface area contributed by atoms with Gasteiger partial charge in [0.2, 0.25) is 11.8 Å². The number of rotatable bonds is 5. The van der Waals surface area contributed by atoms with Gasteiger partial charge in [0.05, 0.1) is 5.92 Å². The number of ether oxygens (including phenoxy) is 1. The van der Waals surface area contributed by atoms with Crippen LogP contribution in [0.4, 0.5) is 0 Å². The molecule has 1 atom stereocenters. The molecule has 5 heteroatoms. The minimum Gasteiger partial charge on any atom is -0.385 e. The lowest BCUT2D eigenvalue weighted by Gasteiger charge is -2.50. The molecule has 5 nitrogen and oxygen atoms in total. The third kappa shape index (κ3) is 3.64. The number of likely N-dealkylation sites (tertiary alicyclic amines) is 2. The highest BCUT2D eigenvalue weighted by molar-refractivity contribution is 5.88. The van der Waals surface area contributed by atoms with E-state index in [1.165, 1.54) is 6.08 Å². The Balaban J connectivity index is 1.84. The lowest BCUT2D eigenvalue weighted by Crippen LogP contribution is -2.60. The highest BCUT2D eigenvalue weighted by Gasteiger charge is 2.43. The van der Waals surface area contributed by atoms with Gasteiger partial charge < -0.3 is 14.5 Å². The molecule has 2 fully saturated rings. The van der Waals surface area contributed by atoms with Crippen molar-refractivity contribution in [3.63, 3.8) is 0 Å². The molecule has 2 rings (SSSR count). The predicted octanol–water partition coefficient (Wildman–Crippen LogP) is 1.30. The van der Waals surface area contributed by atoms with E-state index in [1.54, 1.807) is 12.0 Å². The summed E-state index contributed by atoms with van der Waals surface area (Å²) in [4.78, 5) is 27.9. The molecule has 21 heavy (non-hydrogen) atoms. The van der Waals surface area contributed by atoms with Gasteiger partial charge in [0.1, 0.15) is 0 Å². The first-order valence-electron chi connectivity index (χ1n) is 7.68. The minimum absolute atomic E-state index is 0.0466. The van der Waals surface area contributed by atoms with Gasteiger partial charge in [-0.3, -0.25) is 9.59 Å². The van der Waals surface area contributed by atoms with Gasteiger partial charge in [0.25, 0.3) is 0 Å². The first-order chi connectivity index (χ1) is 9.99. The van der Waals surface area contributed by atoms with E-state index in [0.29, 0.717) is 6.54 Å². The fourth-order valence-corrected chi connectivity index (χ4v) is 3.30. The third-order valence-corrected chi connectivity index (χ3v) is 4.62. The zero-order chi connectivity index (χ0) is 15.5. The highest BCUT2D eigenvalue weighted by Crippen LogP contribution is 2.35. The molecular weight excluding hydrogens is 268 g/mol. The van der Waals surface area contributed by atoms with Gasteiger partial charge >= 0.3 is 0 Å². The second-order valence-electron chi connectivity index (χ2n) is 6.58. The molecule has 0 bridgehead atoms. The quantitative estimate of drug-likeness (QED) is 0.718. The van der Waals surface area contributed by atoms with Gasteiger partial charge in [-0.15, -0.1) is 0 Å². The molecule has 0 aromatic carbocycles. The number of carbonyl (C=O) groups is 2. The molecular formula is C16H26N2O3. The van der Waals surface area contributed by atoms with Gasteiger partial charge in [-0.25, -0.2) is 0 Å². The lowest BCUT2D eigenvalue weighted by molar-refractivity contribution is -0.150. The molecule has 0 spiro atoms. The standard InChI is InChI=1S/C16H26N2O3/c1-4-14(19)17-8-5-6-13(10-17)15(20)18-11-16(2,12-18)7-9-21-3/h4,13H,1,5-12H2,2-3H3. The predicted molar refractivity (Wildman–Crippen MR) is 80.7 cm³/mol. The Bertz CT molecular complexity index is 416. The Kier molecular flexibility index (Phi) is 5.04. The van der Waals surface area contributed by atoms with Crippen molar-refractivity contribution in [1.29, 1.82) is 0 Å². The Morgan fingerprint density at radius 1 is 1.38 bits per heavy atom. The van der Waals surface area contributed by atoms with Crippen LogP contribution in [0.1, 0.15) is 26.2 Å². The van der Waals surface area contributed by atoms with Crippen molar-refractivity contribution >= 4 is 11.8 Å². The zero-order valence-corrected chi connectivity index (χ0v) is 13.1. The normalized spacial score (nSPS) is 24.4. The number of amides is 2. The molecule has 0 N–H and O–H groups in total. The summed E-state index contributed by atoms with van der Waals surface area (Å²) in [5.74, 6) is 0.0853. The van der Waals surface area contributed by atoms with Gasteiger partial charge in [-0.05, 0) is 25.3 Å². The van der Waals surface area contributed by atoms with Crippen LogP contribution in [0.25, 0.3) is 0 Å². The van der Waals surface area contributed by atoms with Crippen LogP contribution in [0, 0.1) is 11.3 Å². The maximum atomic E-state index is 12.5. The van der Waals surface area contributed by atoms with Crippen LogP contribution in [0.2, 0.25) is 0 Å². The average molecular weight is 294 g/mol. The maximum Gasteiger partial charge on any atom is 0.245 e. The molecule has 0 radical (unpaired) electrons. The van der Waals surface area contributed by atoms with E-state index in [-0.39, 0.29) is 23.1 Å². The Morgan fingerprint density at radius 2 is 2.10 bits per heavy atom. The van der Waals surface area contributed by atoms with Crippen molar-refractivity contribution in [2.24, 2.45) is 11.3 Å². The molecule has 2 amide bonds. The largest absolute Gasteiger partial charge is 0.385 e.